The molecule has 1 aromatic heterocycles. The summed E-state index contributed by atoms with van der Waals surface area (Å²) in [6.45, 7) is 3.00. The van der Waals surface area contributed by atoms with Crippen molar-refractivity contribution < 1.29 is 9.59 Å². The van der Waals surface area contributed by atoms with E-state index in [1.807, 2.05) is 29.2 Å². The van der Waals surface area contributed by atoms with Crippen molar-refractivity contribution in [2.45, 2.75) is 26.3 Å². The Labute approximate surface area is 133 Å². The van der Waals surface area contributed by atoms with E-state index in [4.69, 9.17) is 0 Å². The monoisotopic (exact) mass is 314 g/mol. The summed E-state index contributed by atoms with van der Waals surface area (Å²) in [4.78, 5) is 26.7. The summed E-state index contributed by atoms with van der Waals surface area (Å²) in [5, 5.41) is 4.82. The standard InChI is InChI=1S/C17H18N2O2S/c1-12(20)18-15-4-2-13(3-5-15)10-17(21)19-8-6-16-14(11-19)7-9-22-16/h2-5,7,9H,6,8,10-11H2,1H3,(H,18,20). The second kappa shape index (κ2) is 6.32. The Kier molecular flexibility index (Phi) is 4.24. The molecule has 0 spiro atoms. The van der Waals surface area contributed by atoms with Gasteiger partial charge >= 0.3 is 0 Å². The van der Waals surface area contributed by atoms with Gasteiger partial charge in [0.15, 0.2) is 0 Å². The normalized spacial score (nSPS) is 13.6. The maximum absolute atomic E-state index is 12.4. The van der Waals surface area contributed by atoms with E-state index in [9.17, 15) is 9.59 Å². The number of fused-ring (bicyclic) bond motifs is 1. The number of thiophene rings is 1. The van der Waals surface area contributed by atoms with E-state index >= 15 is 0 Å². The smallest absolute Gasteiger partial charge is 0.227 e. The summed E-state index contributed by atoms with van der Waals surface area (Å²) >= 11 is 1.78. The van der Waals surface area contributed by atoms with E-state index in [1.54, 1.807) is 11.3 Å². The lowest BCUT2D eigenvalue weighted by Crippen LogP contribution is -2.36. The predicted octanol–water partition coefficient (Wildman–Crippen LogP) is 2.83. The Morgan fingerprint density at radius 1 is 1.23 bits per heavy atom. The van der Waals surface area contributed by atoms with Crippen LogP contribution in [0.1, 0.15) is 22.9 Å². The van der Waals surface area contributed by atoms with Crippen molar-refractivity contribution in [1.82, 2.24) is 4.90 Å². The summed E-state index contributed by atoms with van der Waals surface area (Å²) in [6, 6.07) is 9.56. The Bertz CT molecular complexity index is 691. The zero-order valence-electron chi connectivity index (χ0n) is 12.5. The van der Waals surface area contributed by atoms with Gasteiger partial charge in [-0.15, -0.1) is 11.3 Å². The highest BCUT2D eigenvalue weighted by atomic mass is 32.1. The molecule has 22 heavy (non-hydrogen) atoms. The molecule has 0 saturated carbocycles. The van der Waals surface area contributed by atoms with Crippen LogP contribution in [0.25, 0.3) is 0 Å². The largest absolute Gasteiger partial charge is 0.338 e. The molecule has 0 aliphatic carbocycles. The molecule has 2 aromatic rings. The van der Waals surface area contributed by atoms with Gasteiger partial charge in [0.2, 0.25) is 11.8 Å². The van der Waals surface area contributed by atoms with Gasteiger partial charge in [-0.3, -0.25) is 9.59 Å². The molecule has 2 heterocycles. The lowest BCUT2D eigenvalue weighted by molar-refractivity contribution is -0.131. The molecule has 0 unspecified atom stereocenters. The van der Waals surface area contributed by atoms with Crippen molar-refractivity contribution >= 4 is 28.8 Å². The van der Waals surface area contributed by atoms with E-state index < -0.39 is 0 Å². The first kappa shape index (κ1) is 14.8. The summed E-state index contributed by atoms with van der Waals surface area (Å²) in [5.41, 5.74) is 3.01. The van der Waals surface area contributed by atoms with Crippen molar-refractivity contribution in [3.63, 3.8) is 0 Å². The first-order valence-electron chi connectivity index (χ1n) is 7.31. The van der Waals surface area contributed by atoms with E-state index in [1.165, 1.54) is 17.4 Å². The summed E-state index contributed by atoms with van der Waals surface area (Å²) in [6.07, 6.45) is 1.36. The van der Waals surface area contributed by atoms with Gasteiger partial charge in [0.25, 0.3) is 0 Å². The van der Waals surface area contributed by atoms with E-state index in [-0.39, 0.29) is 11.8 Å². The number of benzene rings is 1. The van der Waals surface area contributed by atoms with Gasteiger partial charge in [-0.25, -0.2) is 0 Å². The zero-order valence-corrected chi connectivity index (χ0v) is 13.3. The second-order valence-corrected chi connectivity index (χ2v) is 6.49. The van der Waals surface area contributed by atoms with E-state index in [0.29, 0.717) is 6.42 Å². The lowest BCUT2D eigenvalue weighted by atomic mass is 10.1. The highest BCUT2D eigenvalue weighted by molar-refractivity contribution is 7.10. The molecule has 2 amide bonds. The van der Waals surface area contributed by atoms with Crippen LogP contribution in [-0.4, -0.2) is 23.3 Å². The maximum Gasteiger partial charge on any atom is 0.227 e. The van der Waals surface area contributed by atoms with Crippen LogP contribution in [0.2, 0.25) is 0 Å². The predicted molar refractivity (Wildman–Crippen MR) is 87.9 cm³/mol. The van der Waals surface area contributed by atoms with Crippen LogP contribution in [0.5, 0.6) is 0 Å². The van der Waals surface area contributed by atoms with Crippen molar-refractivity contribution in [2.24, 2.45) is 0 Å². The second-order valence-electron chi connectivity index (χ2n) is 5.49. The molecule has 5 heteroatoms. The minimum Gasteiger partial charge on any atom is -0.338 e. The fraction of sp³-hybridized carbons (Fsp3) is 0.294. The number of carbonyl (C=O) groups is 2. The number of anilines is 1. The molecule has 1 aromatic carbocycles. The molecule has 0 atom stereocenters. The van der Waals surface area contributed by atoms with E-state index in [2.05, 4.69) is 16.8 Å². The average molecular weight is 314 g/mol. The van der Waals surface area contributed by atoms with Crippen LogP contribution in [-0.2, 0) is 29.0 Å². The van der Waals surface area contributed by atoms with Gasteiger partial charge in [-0.05, 0) is 41.1 Å². The van der Waals surface area contributed by atoms with Crippen molar-refractivity contribution in [1.29, 1.82) is 0 Å². The molecule has 4 nitrogen and oxygen atoms in total. The molecule has 0 fully saturated rings. The zero-order chi connectivity index (χ0) is 15.5. The number of carbonyl (C=O) groups excluding carboxylic acids is 2. The van der Waals surface area contributed by atoms with Crippen molar-refractivity contribution in [2.75, 3.05) is 11.9 Å². The summed E-state index contributed by atoms with van der Waals surface area (Å²) in [5.74, 6) is 0.0628. The van der Waals surface area contributed by atoms with Gasteiger partial charge in [0, 0.05) is 30.6 Å². The Morgan fingerprint density at radius 3 is 2.73 bits per heavy atom. The Balaban J connectivity index is 1.61. The molecule has 3 rings (SSSR count). The van der Waals surface area contributed by atoms with Crippen molar-refractivity contribution in [3.8, 4) is 0 Å². The molecule has 114 valence electrons. The highest BCUT2D eigenvalue weighted by Crippen LogP contribution is 2.24. The molecule has 0 bridgehead atoms. The van der Waals surface area contributed by atoms with Crippen LogP contribution in [0.3, 0.4) is 0 Å². The quantitative estimate of drug-likeness (QED) is 0.947. The van der Waals surface area contributed by atoms with Gasteiger partial charge in [-0.2, -0.15) is 0 Å². The molecule has 1 aliphatic heterocycles. The fourth-order valence-corrected chi connectivity index (χ4v) is 3.55. The molecular formula is C17H18N2O2S. The molecular weight excluding hydrogens is 296 g/mol. The SMILES string of the molecule is CC(=O)Nc1ccc(CC(=O)N2CCc3sccc3C2)cc1. The molecule has 1 N–H and O–H groups in total. The first-order valence-corrected chi connectivity index (χ1v) is 8.19. The topological polar surface area (TPSA) is 49.4 Å². The van der Waals surface area contributed by atoms with Crippen LogP contribution in [0, 0.1) is 0 Å². The van der Waals surface area contributed by atoms with Crippen LogP contribution < -0.4 is 5.32 Å². The van der Waals surface area contributed by atoms with Gasteiger partial charge in [0.1, 0.15) is 0 Å². The van der Waals surface area contributed by atoms with E-state index in [0.717, 1.165) is 30.8 Å². The highest BCUT2D eigenvalue weighted by Gasteiger charge is 2.21. The fourth-order valence-electron chi connectivity index (χ4n) is 2.66. The number of nitrogens with one attached hydrogen (secondary N) is 1. The van der Waals surface area contributed by atoms with Gasteiger partial charge in [-0.1, -0.05) is 12.1 Å². The molecule has 1 aliphatic rings. The third-order valence-electron chi connectivity index (χ3n) is 3.79. The lowest BCUT2D eigenvalue weighted by Gasteiger charge is -2.27. The third-order valence-corrected chi connectivity index (χ3v) is 4.81. The van der Waals surface area contributed by atoms with Crippen LogP contribution in [0.15, 0.2) is 35.7 Å². The first-order chi connectivity index (χ1) is 10.6. The summed E-state index contributed by atoms with van der Waals surface area (Å²) < 4.78 is 0. The number of hydrogen-bond acceptors (Lipinski definition) is 3. The maximum atomic E-state index is 12.4. The third kappa shape index (κ3) is 3.36. The minimum absolute atomic E-state index is 0.0938. The van der Waals surface area contributed by atoms with Crippen LogP contribution in [0.4, 0.5) is 5.69 Å². The van der Waals surface area contributed by atoms with Gasteiger partial charge in [0.05, 0.1) is 6.42 Å². The Morgan fingerprint density at radius 2 is 2.00 bits per heavy atom. The number of hydrogen-bond donors (Lipinski definition) is 1. The molecule has 0 saturated heterocycles. The van der Waals surface area contributed by atoms with Gasteiger partial charge < -0.3 is 10.2 Å². The van der Waals surface area contributed by atoms with Crippen LogP contribution >= 0.6 is 11.3 Å². The summed E-state index contributed by atoms with van der Waals surface area (Å²) in [7, 11) is 0. The Hall–Kier alpha value is -2.14. The number of amides is 2. The number of nitrogens with zero attached hydrogens (tertiary/aromatic N) is 1. The average Bonchev–Trinajstić information content (AvgIpc) is 2.96. The number of rotatable bonds is 3. The minimum atomic E-state index is -0.0938. The molecule has 0 radical (unpaired) electrons. The van der Waals surface area contributed by atoms with Crippen molar-refractivity contribution in [3.05, 3.63) is 51.7 Å².